The van der Waals surface area contributed by atoms with Crippen molar-refractivity contribution in [2.75, 3.05) is 11.9 Å². The molecule has 1 fully saturated rings. The van der Waals surface area contributed by atoms with Crippen LogP contribution in [0.25, 0.3) is 0 Å². The maximum atomic E-state index is 12.3. The molecule has 1 aromatic rings. The molecule has 2 rings (SSSR count). The van der Waals surface area contributed by atoms with Crippen molar-refractivity contribution in [2.24, 2.45) is 11.7 Å². The predicted molar refractivity (Wildman–Crippen MR) is 77.9 cm³/mol. The second-order valence-corrected chi connectivity index (χ2v) is 5.51. The Bertz CT molecular complexity index is 447. The molecular formula is C15H23N3O. The van der Waals surface area contributed by atoms with Crippen LogP contribution in [0.4, 0.5) is 10.5 Å². The van der Waals surface area contributed by atoms with Crippen LogP contribution in [0.5, 0.6) is 0 Å². The van der Waals surface area contributed by atoms with Gasteiger partial charge < -0.3 is 16.0 Å². The fourth-order valence-electron chi connectivity index (χ4n) is 2.68. The number of carbonyl (C=O) groups excluding carboxylic acids is 1. The van der Waals surface area contributed by atoms with E-state index < -0.39 is 0 Å². The van der Waals surface area contributed by atoms with Crippen molar-refractivity contribution < 1.29 is 4.79 Å². The maximum absolute atomic E-state index is 12.3. The van der Waals surface area contributed by atoms with E-state index in [1.807, 2.05) is 29.2 Å². The van der Waals surface area contributed by atoms with Gasteiger partial charge in [-0.3, -0.25) is 0 Å². The first kappa shape index (κ1) is 13.9. The highest BCUT2D eigenvalue weighted by atomic mass is 16.2. The standard InChI is InChI=1S/C15H23N3O/c1-11-6-7-18(12(2)8-11)15(19)17-14-5-3-4-13(9-14)10-16/h3-5,9,11-12H,6-8,10,16H2,1-2H3,(H,17,19). The minimum Gasteiger partial charge on any atom is -0.326 e. The first-order valence-corrected chi connectivity index (χ1v) is 6.96. The largest absolute Gasteiger partial charge is 0.326 e. The van der Waals surface area contributed by atoms with Gasteiger partial charge in [-0.15, -0.1) is 0 Å². The van der Waals surface area contributed by atoms with Crippen LogP contribution >= 0.6 is 0 Å². The third-order valence-corrected chi connectivity index (χ3v) is 3.81. The Hall–Kier alpha value is -1.55. The van der Waals surface area contributed by atoms with Gasteiger partial charge in [-0.05, 0) is 43.4 Å². The van der Waals surface area contributed by atoms with Crippen molar-refractivity contribution >= 4 is 11.7 Å². The zero-order valence-corrected chi connectivity index (χ0v) is 11.7. The summed E-state index contributed by atoms with van der Waals surface area (Å²) in [5.74, 6) is 0.708. The minimum absolute atomic E-state index is 0.00595. The van der Waals surface area contributed by atoms with Crippen LogP contribution in [0.1, 0.15) is 32.3 Å². The summed E-state index contributed by atoms with van der Waals surface area (Å²) in [6.07, 6.45) is 2.16. The summed E-state index contributed by atoms with van der Waals surface area (Å²) in [4.78, 5) is 14.2. The quantitative estimate of drug-likeness (QED) is 0.860. The number of nitrogens with one attached hydrogen (secondary N) is 1. The highest BCUT2D eigenvalue weighted by molar-refractivity contribution is 5.89. The van der Waals surface area contributed by atoms with Crippen molar-refractivity contribution in [3.8, 4) is 0 Å². The summed E-state index contributed by atoms with van der Waals surface area (Å²) >= 11 is 0. The van der Waals surface area contributed by atoms with Crippen LogP contribution in [-0.2, 0) is 6.54 Å². The molecule has 4 heteroatoms. The van der Waals surface area contributed by atoms with Gasteiger partial charge in [0.2, 0.25) is 0 Å². The Morgan fingerprint density at radius 1 is 1.47 bits per heavy atom. The van der Waals surface area contributed by atoms with E-state index in [1.54, 1.807) is 0 Å². The summed E-state index contributed by atoms with van der Waals surface area (Å²) in [5.41, 5.74) is 7.45. The number of benzene rings is 1. The smallest absolute Gasteiger partial charge is 0.322 e. The van der Waals surface area contributed by atoms with Gasteiger partial charge in [0, 0.05) is 24.8 Å². The van der Waals surface area contributed by atoms with Crippen LogP contribution in [-0.4, -0.2) is 23.5 Å². The van der Waals surface area contributed by atoms with Gasteiger partial charge in [0.1, 0.15) is 0 Å². The Labute approximate surface area is 115 Å². The fraction of sp³-hybridized carbons (Fsp3) is 0.533. The van der Waals surface area contributed by atoms with E-state index in [0.29, 0.717) is 18.5 Å². The van der Waals surface area contributed by atoms with E-state index >= 15 is 0 Å². The third-order valence-electron chi connectivity index (χ3n) is 3.81. The number of nitrogens with zero attached hydrogens (tertiary/aromatic N) is 1. The molecule has 1 aliphatic rings. The van der Waals surface area contributed by atoms with E-state index in [9.17, 15) is 4.79 Å². The van der Waals surface area contributed by atoms with E-state index in [-0.39, 0.29) is 6.03 Å². The third kappa shape index (κ3) is 3.47. The van der Waals surface area contributed by atoms with Crippen LogP contribution in [0, 0.1) is 5.92 Å². The summed E-state index contributed by atoms with van der Waals surface area (Å²) < 4.78 is 0. The minimum atomic E-state index is -0.00595. The number of likely N-dealkylation sites (tertiary alicyclic amines) is 1. The van der Waals surface area contributed by atoms with E-state index in [4.69, 9.17) is 5.73 Å². The van der Waals surface area contributed by atoms with Gasteiger partial charge in [0.15, 0.2) is 0 Å². The molecule has 104 valence electrons. The molecule has 3 N–H and O–H groups in total. The molecule has 0 aromatic heterocycles. The lowest BCUT2D eigenvalue weighted by molar-refractivity contribution is 0.150. The monoisotopic (exact) mass is 261 g/mol. The van der Waals surface area contributed by atoms with Gasteiger partial charge in [-0.2, -0.15) is 0 Å². The van der Waals surface area contributed by atoms with Crippen molar-refractivity contribution in [3.05, 3.63) is 29.8 Å². The summed E-state index contributed by atoms with van der Waals surface area (Å²) in [7, 11) is 0. The van der Waals surface area contributed by atoms with Crippen LogP contribution in [0.3, 0.4) is 0 Å². The Morgan fingerprint density at radius 3 is 2.95 bits per heavy atom. The van der Waals surface area contributed by atoms with Crippen LogP contribution < -0.4 is 11.1 Å². The van der Waals surface area contributed by atoms with Crippen LogP contribution in [0.15, 0.2) is 24.3 Å². The lowest BCUT2D eigenvalue weighted by atomic mass is 9.94. The zero-order chi connectivity index (χ0) is 13.8. The Morgan fingerprint density at radius 2 is 2.26 bits per heavy atom. The number of anilines is 1. The lowest BCUT2D eigenvalue weighted by Crippen LogP contribution is -2.46. The van der Waals surface area contributed by atoms with Crippen LogP contribution in [0.2, 0.25) is 0 Å². The second kappa shape index (κ2) is 6.06. The number of nitrogens with two attached hydrogens (primary N) is 1. The van der Waals surface area contributed by atoms with Gasteiger partial charge in [0.25, 0.3) is 0 Å². The van der Waals surface area contributed by atoms with E-state index in [1.165, 1.54) is 0 Å². The molecule has 1 aliphatic heterocycles. The number of hydrogen-bond donors (Lipinski definition) is 2. The van der Waals surface area contributed by atoms with Crippen molar-refractivity contribution in [1.82, 2.24) is 4.90 Å². The molecule has 4 nitrogen and oxygen atoms in total. The second-order valence-electron chi connectivity index (χ2n) is 5.51. The first-order valence-electron chi connectivity index (χ1n) is 6.96. The maximum Gasteiger partial charge on any atom is 0.322 e. The number of carbonyl (C=O) groups is 1. The first-order chi connectivity index (χ1) is 9.10. The molecule has 1 saturated heterocycles. The summed E-state index contributed by atoms with van der Waals surface area (Å²) in [6.45, 7) is 5.69. The van der Waals surface area contributed by atoms with Crippen molar-refractivity contribution in [1.29, 1.82) is 0 Å². The van der Waals surface area contributed by atoms with Crippen molar-refractivity contribution in [3.63, 3.8) is 0 Å². The molecule has 0 saturated carbocycles. The lowest BCUT2D eigenvalue weighted by Gasteiger charge is -2.36. The van der Waals surface area contributed by atoms with Crippen molar-refractivity contribution in [2.45, 2.75) is 39.3 Å². The van der Waals surface area contributed by atoms with Gasteiger partial charge in [-0.25, -0.2) is 4.79 Å². The molecule has 0 radical (unpaired) electrons. The normalized spacial score (nSPS) is 23.2. The number of piperidine rings is 1. The molecule has 2 atom stereocenters. The molecule has 0 bridgehead atoms. The molecular weight excluding hydrogens is 238 g/mol. The Kier molecular flexibility index (Phi) is 4.43. The van der Waals surface area contributed by atoms with Gasteiger partial charge in [-0.1, -0.05) is 19.1 Å². The molecule has 19 heavy (non-hydrogen) atoms. The SMILES string of the molecule is CC1CCN(C(=O)Nc2cccc(CN)c2)C(C)C1. The highest BCUT2D eigenvalue weighted by Gasteiger charge is 2.26. The van der Waals surface area contributed by atoms with Gasteiger partial charge in [0.05, 0.1) is 0 Å². The Balaban J connectivity index is 2.00. The zero-order valence-electron chi connectivity index (χ0n) is 11.7. The average molecular weight is 261 g/mol. The number of hydrogen-bond acceptors (Lipinski definition) is 2. The van der Waals surface area contributed by atoms with E-state index in [2.05, 4.69) is 19.2 Å². The average Bonchev–Trinajstić information content (AvgIpc) is 2.38. The molecule has 2 amide bonds. The molecule has 0 spiro atoms. The topological polar surface area (TPSA) is 58.4 Å². The molecule has 0 aliphatic carbocycles. The summed E-state index contributed by atoms with van der Waals surface area (Å²) in [6, 6.07) is 8.00. The summed E-state index contributed by atoms with van der Waals surface area (Å²) in [5, 5.41) is 2.96. The highest BCUT2D eigenvalue weighted by Crippen LogP contribution is 2.23. The molecule has 2 unspecified atom stereocenters. The molecule has 1 aromatic carbocycles. The van der Waals surface area contributed by atoms with Gasteiger partial charge >= 0.3 is 6.03 Å². The molecule has 1 heterocycles. The number of amides is 2. The predicted octanol–water partition coefficient (Wildman–Crippen LogP) is 2.80. The van der Waals surface area contributed by atoms with E-state index in [0.717, 1.165) is 30.6 Å². The number of urea groups is 1. The number of rotatable bonds is 2. The fourth-order valence-corrected chi connectivity index (χ4v) is 2.68.